The Labute approximate surface area is 169 Å². The third kappa shape index (κ3) is 4.25. The lowest BCUT2D eigenvalue weighted by Crippen LogP contribution is -2.02. The van der Waals surface area contributed by atoms with Gasteiger partial charge in [-0.3, -0.25) is 4.55 Å². The van der Waals surface area contributed by atoms with Gasteiger partial charge in [0.05, 0.1) is 22.7 Å². The van der Waals surface area contributed by atoms with Crippen molar-refractivity contribution in [2.75, 3.05) is 12.4 Å². The maximum absolute atomic E-state index is 11.6. The minimum atomic E-state index is -4.45. The van der Waals surface area contributed by atoms with E-state index < -0.39 is 16.1 Å². The molecule has 0 aliphatic carbocycles. The van der Waals surface area contributed by atoms with Crippen LogP contribution in [0.2, 0.25) is 5.02 Å². The van der Waals surface area contributed by atoms with Gasteiger partial charge in [-0.25, -0.2) is 9.78 Å². The first-order valence-electron chi connectivity index (χ1n) is 7.61. The summed E-state index contributed by atoms with van der Waals surface area (Å²) in [5, 5.41) is 12.8. The molecule has 3 rings (SSSR count). The molecule has 3 aromatic rings. The van der Waals surface area contributed by atoms with Crippen molar-refractivity contribution in [2.24, 2.45) is 0 Å². The summed E-state index contributed by atoms with van der Waals surface area (Å²) in [6, 6.07) is 10.4. The number of aromatic carboxylic acids is 1. The highest BCUT2D eigenvalue weighted by molar-refractivity contribution is 7.85. The molecule has 11 heteroatoms. The molecule has 8 nitrogen and oxygen atoms in total. The van der Waals surface area contributed by atoms with Crippen LogP contribution in [-0.4, -0.2) is 36.1 Å². The largest absolute Gasteiger partial charge is 0.497 e. The zero-order chi connectivity index (χ0) is 20.5. The summed E-state index contributed by atoms with van der Waals surface area (Å²) in [5.74, 6) is -0.564. The van der Waals surface area contributed by atoms with Crippen molar-refractivity contribution in [3.05, 3.63) is 52.4 Å². The van der Waals surface area contributed by atoms with Crippen molar-refractivity contribution < 1.29 is 27.6 Å². The predicted molar refractivity (Wildman–Crippen MR) is 106 cm³/mol. The number of aromatic nitrogens is 1. The number of nitrogens with one attached hydrogen (secondary N) is 1. The second kappa shape index (κ2) is 7.76. The molecule has 0 bridgehead atoms. The molecule has 3 N–H and O–H groups in total. The molecule has 1 heterocycles. The van der Waals surface area contributed by atoms with Crippen LogP contribution in [0.5, 0.6) is 5.75 Å². The van der Waals surface area contributed by atoms with Crippen LogP contribution < -0.4 is 10.1 Å². The van der Waals surface area contributed by atoms with Crippen molar-refractivity contribution in [1.82, 2.24) is 4.98 Å². The van der Waals surface area contributed by atoms with Crippen molar-refractivity contribution in [1.29, 1.82) is 0 Å². The Hall–Kier alpha value is -2.66. The second-order valence-electron chi connectivity index (χ2n) is 5.47. The second-order valence-corrected chi connectivity index (χ2v) is 8.30. The Morgan fingerprint density at radius 3 is 2.46 bits per heavy atom. The molecule has 0 fully saturated rings. The fourth-order valence-corrected chi connectivity index (χ4v) is 3.83. The van der Waals surface area contributed by atoms with E-state index in [-0.39, 0.29) is 26.3 Å². The number of anilines is 2. The number of rotatable bonds is 6. The average molecular weight is 441 g/mol. The number of methoxy groups -OCH3 is 1. The van der Waals surface area contributed by atoms with Gasteiger partial charge in [-0.2, -0.15) is 8.42 Å². The lowest BCUT2D eigenvalue weighted by atomic mass is 10.2. The average Bonchev–Trinajstić information content (AvgIpc) is 3.07. The van der Waals surface area contributed by atoms with E-state index in [4.69, 9.17) is 16.3 Å². The first-order valence-corrected chi connectivity index (χ1v) is 10.2. The first-order chi connectivity index (χ1) is 13.2. The minimum Gasteiger partial charge on any atom is -0.497 e. The van der Waals surface area contributed by atoms with Gasteiger partial charge < -0.3 is 15.2 Å². The van der Waals surface area contributed by atoms with Crippen LogP contribution in [0.15, 0.2) is 47.4 Å². The van der Waals surface area contributed by atoms with Gasteiger partial charge in [0, 0.05) is 5.56 Å². The summed E-state index contributed by atoms with van der Waals surface area (Å²) < 4.78 is 37.0. The molecule has 0 radical (unpaired) electrons. The zero-order valence-electron chi connectivity index (χ0n) is 14.2. The number of thiazole rings is 1. The van der Waals surface area contributed by atoms with E-state index >= 15 is 0 Å². The highest BCUT2D eigenvalue weighted by atomic mass is 35.5. The van der Waals surface area contributed by atoms with Gasteiger partial charge in [-0.15, -0.1) is 11.3 Å². The lowest BCUT2D eigenvalue weighted by Gasteiger charge is -2.08. The molecule has 146 valence electrons. The summed E-state index contributed by atoms with van der Waals surface area (Å²) in [6.45, 7) is 0. The van der Waals surface area contributed by atoms with E-state index in [9.17, 15) is 22.9 Å². The molecule has 0 atom stereocenters. The van der Waals surface area contributed by atoms with Gasteiger partial charge in [0.1, 0.15) is 10.8 Å². The Bertz CT molecular complexity index is 1140. The Balaban J connectivity index is 2.02. The Kier molecular flexibility index (Phi) is 5.57. The molecule has 0 saturated carbocycles. The van der Waals surface area contributed by atoms with E-state index in [1.165, 1.54) is 13.2 Å². The monoisotopic (exact) mass is 440 g/mol. The topological polar surface area (TPSA) is 126 Å². The number of carbonyl (C=O) groups is 1. The molecule has 0 unspecified atom stereocenters. The SMILES string of the molecule is COc1ccc(-c2nc(Nc3cc(S(=O)(=O)O)ccc3Cl)c(C(=O)O)s2)cc1. The maximum Gasteiger partial charge on any atom is 0.349 e. The molecule has 0 aliphatic heterocycles. The maximum atomic E-state index is 11.6. The highest BCUT2D eigenvalue weighted by Gasteiger charge is 2.20. The van der Waals surface area contributed by atoms with Crippen LogP contribution >= 0.6 is 22.9 Å². The molecule has 0 saturated heterocycles. The van der Waals surface area contributed by atoms with Crippen LogP contribution in [-0.2, 0) is 10.1 Å². The number of hydrogen-bond acceptors (Lipinski definition) is 7. The quantitative estimate of drug-likeness (QED) is 0.488. The molecule has 0 aliphatic rings. The molecule has 2 aromatic carbocycles. The summed E-state index contributed by atoms with van der Waals surface area (Å²) in [4.78, 5) is 15.4. The van der Waals surface area contributed by atoms with Gasteiger partial charge in [0.15, 0.2) is 10.7 Å². The zero-order valence-corrected chi connectivity index (χ0v) is 16.6. The normalized spacial score (nSPS) is 11.2. The van der Waals surface area contributed by atoms with Gasteiger partial charge in [0.2, 0.25) is 0 Å². The molecule has 0 amide bonds. The van der Waals surface area contributed by atoms with Crippen molar-refractivity contribution in [3.8, 4) is 16.3 Å². The van der Waals surface area contributed by atoms with Crippen LogP contribution in [0.3, 0.4) is 0 Å². The van der Waals surface area contributed by atoms with Gasteiger partial charge in [-0.05, 0) is 42.5 Å². The molecule has 1 aromatic heterocycles. The Morgan fingerprint density at radius 2 is 1.89 bits per heavy atom. The van der Waals surface area contributed by atoms with Crippen molar-refractivity contribution in [2.45, 2.75) is 4.90 Å². The van der Waals surface area contributed by atoms with Gasteiger partial charge in [-0.1, -0.05) is 11.6 Å². The van der Waals surface area contributed by atoms with Crippen LogP contribution in [0.1, 0.15) is 9.67 Å². The van der Waals surface area contributed by atoms with E-state index in [2.05, 4.69) is 10.3 Å². The fourth-order valence-electron chi connectivity index (χ4n) is 2.30. The third-order valence-electron chi connectivity index (χ3n) is 3.65. The van der Waals surface area contributed by atoms with E-state index in [0.29, 0.717) is 16.3 Å². The highest BCUT2D eigenvalue weighted by Crippen LogP contribution is 2.35. The predicted octanol–water partition coefficient (Wildman–Crippen LogP) is 4.16. The minimum absolute atomic E-state index is 0.00212. The number of hydrogen-bond donors (Lipinski definition) is 3. The molecule has 0 spiro atoms. The summed E-state index contributed by atoms with van der Waals surface area (Å²) >= 11 is 7.00. The lowest BCUT2D eigenvalue weighted by molar-refractivity contribution is 0.0703. The van der Waals surface area contributed by atoms with Crippen molar-refractivity contribution >= 4 is 50.5 Å². The summed E-state index contributed by atoms with van der Waals surface area (Å²) in [7, 11) is -2.91. The molecule has 28 heavy (non-hydrogen) atoms. The number of carboxylic acids is 1. The third-order valence-corrected chi connectivity index (χ3v) is 5.92. The van der Waals surface area contributed by atoms with Gasteiger partial charge >= 0.3 is 5.97 Å². The van der Waals surface area contributed by atoms with Crippen LogP contribution in [0.4, 0.5) is 11.5 Å². The fraction of sp³-hybridized carbons (Fsp3) is 0.0588. The number of carboxylic acid groups (broad SMARTS) is 1. The molecular weight excluding hydrogens is 428 g/mol. The Morgan fingerprint density at radius 1 is 1.21 bits per heavy atom. The number of halogens is 1. The van der Waals surface area contributed by atoms with Gasteiger partial charge in [0.25, 0.3) is 10.1 Å². The van der Waals surface area contributed by atoms with Crippen LogP contribution in [0.25, 0.3) is 10.6 Å². The summed E-state index contributed by atoms with van der Waals surface area (Å²) in [6.07, 6.45) is 0. The number of benzene rings is 2. The number of ether oxygens (including phenoxy) is 1. The molecular formula is C17H13ClN2O6S2. The van der Waals surface area contributed by atoms with Crippen LogP contribution in [0, 0.1) is 0 Å². The standard InChI is InChI=1S/C17H13ClN2O6S2/c1-26-10-4-2-9(3-5-10)16-20-15(14(27-16)17(21)22)19-13-8-11(28(23,24)25)6-7-12(13)18/h2-8,19H,1H3,(H,21,22)(H,23,24,25). The van der Waals surface area contributed by atoms with Crippen molar-refractivity contribution in [3.63, 3.8) is 0 Å². The van der Waals surface area contributed by atoms with E-state index in [1.807, 2.05) is 0 Å². The van der Waals surface area contributed by atoms with E-state index in [1.54, 1.807) is 24.3 Å². The number of nitrogens with zero attached hydrogens (tertiary/aromatic N) is 1. The smallest absolute Gasteiger partial charge is 0.349 e. The van der Waals surface area contributed by atoms with E-state index in [0.717, 1.165) is 23.5 Å². The summed E-state index contributed by atoms with van der Waals surface area (Å²) in [5.41, 5.74) is 0.769. The first kappa shape index (κ1) is 20.1.